The zero-order chi connectivity index (χ0) is 19.2. The first-order chi connectivity index (χ1) is 13.0. The predicted molar refractivity (Wildman–Crippen MR) is 105 cm³/mol. The number of hydrogen-bond acceptors (Lipinski definition) is 5. The number of hydrogen-bond donors (Lipinski definition) is 1. The first-order valence-electron chi connectivity index (χ1n) is 8.77. The number of nitrogens with zero attached hydrogens (tertiary/aromatic N) is 3. The van der Waals surface area contributed by atoms with E-state index in [-0.39, 0.29) is 12.3 Å². The number of aromatic nitrogens is 2. The quantitative estimate of drug-likeness (QED) is 0.618. The van der Waals surface area contributed by atoms with Crippen molar-refractivity contribution < 1.29 is 9.32 Å². The number of carbonyl (C=O) groups is 1. The zero-order valence-corrected chi connectivity index (χ0v) is 16.0. The molecule has 0 radical (unpaired) electrons. The second kappa shape index (κ2) is 8.68. The van der Waals surface area contributed by atoms with Gasteiger partial charge in [0.15, 0.2) is 0 Å². The van der Waals surface area contributed by atoms with Crippen molar-refractivity contribution in [3.8, 4) is 11.4 Å². The molecule has 0 atom stereocenters. The lowest BCUT2D eigenvalue weighted by Crippen LogP contribution is -2.42. The van der Waals surface area contributed by atoms with Crippen LogP contribution >= 0.6 is 11.6 Å². The van der Waals surface area contributed by atoms with Gasteiger partial charge in [-0.25, -0.2) is 0 Å². The molecule has 1 aromatic heterocycles. The summed E-state index contributed by atoms with van der Waals surface area (Å²) in [5.41, 5.74) is 5.84. The lowest BCUT2D eigenvalue weighted by atomic mass is 10.2. The smallest absolute Gasteiger partial charge is 0.239 e. The number of hydrazine groups is 1. The topological polar surface area (TPSA) is 71.3 Å². The molecule has 27 heavy (non-hydrogen) atoms. The summed E-state index contributed by atoms with van der Waals surface area (Å²) in [6, 6.07) is 15.2. The summed E-state index contributed by atoms with van der Waals surface area (Å²) in [5, 5.41) is 6.42. The van der Waals surface area contributed by atoms with Gasteiger partial charge in [-0.3, -0.25) is 15.2 Å². The van der Waals surface area contributed by atoms with Gasteiger partial charge in [0, 0.05) is 30.0 Å². The highest BCUT2D eigenvalue weighted by Crippen LogP contribution is 2.19. The van der Waals surface area contributed by atoms with Crippen LogP contribution in [0.2, 0.25) is 5.02 Å². The minimum Gasteiger partial charge on any atom is -0.339 e. The second-order valence-corrected chi connectivity index (χ2v) is 6.57. The van der Waals surface area contributed by atoms with Crippen LogP contribution in [-0.2, 0) is 11.2 Å². The molecular formula is C20H21ClN4O2. The van der Waals surface area contributed by atoms with Gasteiger partial charge in [0.1, 0.15) is 0 Å². The van der Waals surface area contributed by atoms with Crippen LogP contribution in [0.5, 0.6) is 0 Å². The summed E-state index contributed by atoms with van der Waals surface area (Å²) in [6.45, 7) is 4.67. The van der Waals surface area contributed by atoms with E-state index in [0.717, 1.165) is 11.3 Å². The Bertz CT molecular complexity index is 891. The third kappa shape index (κ3) is 5.08. The lowest BCUT2D eigenvalue weighted by Gasteiger charge is -2.23. The minimum atomic E-state index is -0.108. The minimum absolute atomic E-state index is 0.108. The van der Waals surface area contributed by atoms with Gasteiger partial charge in [0.25, 0.3) is 0 Å². The fourth-order valence-electron chi connectivity index (χ4n) is 2.55. The largest absolute Gasteiger partial charge is 0.339 e. The summed E-state index contributed by atoms with van der Waals surface area (Å²) in [6.07, 6.45) is 0.627. The van der Waals surface area contributed by atoms with Gasteiger partial charge in [0.05, 0.1) is 5.69 Å². The number of nitrogens with one attached hydrogen (secondary N) is 1. The lowest BCUT2D eigenvalue weighted by molar-refractivity contribution is -0.121. The van der Waals surface area contributed by atoms with E-state index in [1.54, 1.807) is 12.1 Å². The number of amides is 1. The molecule has 1 N–H and O–H groups in total. The predicted octanol–water partition coefficient (Wildman–Crippen LogP) is 4.19. The summed E-state index contributed by atoms with van der Waals surface area (Å²) in [7, 11) is 0. The Morgan fingerprint density at radius 2 is 1.85 bits per heavy atom. The van der Waals surface area contributed by atoms with Crippen LogP contribution in [0, 0.1) is 6.92 Å². The van der Waals surface area contributed by atoms with Gasteiger partial charge in [-0.2, -0.15) is 4.98 Å². The molecule has 1 heterocycles. The molecule has 0 unspecified atom stereocenters. The first-order valence-corrected chi connectivity index (χ1v) is 9.15. The van der Waals surface area contributed by atoms with Crippen molar-refractivity contribution in [2.45, 2.75) is 26.7 Å². The van der Waals surface area contributed by atoms with E-state index in [0.29, 0.717) is 29.7 Å². The maximum atomic E-state index is 12.3. The number of rotatable bonds is 7. The second-order valence-electron chi connectivity index (χ2n) is 6.13. The van der Waals surface area contributed by atoms with Crippen LogP contribution < -0.4 is 10.4 Å². The van der Waals surface area contributed by atoms with Crippen LogP contribution in [0.15, 0.2) is 53.1 Å². The van der Waals surface area contributed by atoms with E-state index < -0.39 is 0 Å². The molecule has 6 nitrogen and oxygen atoms in total. The Morgan fingerprint density at radius 3 is 2.52 bits per heavy atom. The molecular weight excluding hydrogens is 364 g/mol. The molecule has 3 rings (SSSR count). The van der Waals surface area contributed by atoms with Crippen molar-refractivity contribution >= 4 is 23.2 Å². The third-order valence-electron chi connectivity index (χ3n) is 4.06. The molecule has 0 fully saturated rings. The molecule has 0 spiro atoms. The van der Waals surface area contributed by atoms with E-state index in [2.05, 4.69) is 15.6 Å². The van der Waals surface area contributed by atoms with E-state index in [9.17, 15) is 4.79 Å². The summed E-state index contributed by atoms with van der Waals surface area (Å²) in [5.74, 6) is 0.800. The maximum Gasteiger partial charge on any atom is 0.239 e. The Labute approximate surface area is 163 Å². The molecule has 0 aliphatic carbocycles. The molecule has 3 aromatic rings. The van der Waals surface area contributed by atoms with Gasteiger partial charge < -0.3 is 4.52 Å². The highest BCUT2D eigenvalue weighted by Gasteiger charge is 2.13. The highest BCUT2D eigenvalue weighted by atomic mass is 35.5. The Kier molecular flexibility index (Phi) is 6.08. The normalized spacial score (nSPS) is 10.6. The first kappa shape index (κ1) is 18.9. The zero-order valence-electron chi connectivity index (χ0n) is 15.3. The van der Waals surface area contributed by atoms with Crippen molar-refractivity contribution in [1.29, 1.82) is 0 Å². The Morgan fingerprint density at radius 1 is 1.15 bits per heavy atom. The molecule has 140 valence electrons. The number of halogens is 1. The van der Waals surface area contributed by atoms with Gasteiger partial charge in [-0.1, -0.05) is 34.5 Å². The highest BCUT2D eigenvalue weighted by molar-refractivity contribution is 6.30. The van der Waals surface area contributed by atoms with Crippen molar-refractivity contribution in [2.24, 2.45) is 0 Å². The summed E-state index contributed by atoms with van der Waals surface area (Å²) >= 11 is 5.88. The van der Waals surface area contributed by atoms with Crippen LogP contribution in [0.3, 0.4) is 0 Å². The summed E-state index contributed by atoms with van der Waals surface area (Å²) < 4.78 is 5.24. The van der Waals surface area contributed by atoms with Crippen LogP contribution in [0.1, 0.15) is 24.8 Å². The standard InChI is InChI=1S/C20H21ClN4O2/c1-3-25(17-10-4-14(2)5-11-17)23-18(26)12-13-19-22-20(24-27-19)15-6-8-16(21)9-7-15/h4-11H,3,12-13H2,1-2H3,(H,23,26). The number of carbonyl (C=O) groups excluding carboxylic acids is 1. The fraction of sp³-hybridized carbons (Fsp3) is 0.250. The maximum absolute atomic E-state index is 12.3. The van der Waals surface area contributed by atoms with Gasteiger partial charge >= 0.3 is 0 Å². The van der Waals surface area contributed by atoms with Crippen LogP contribution in [0.25, 0.3) is 11.4 Å². The number of anilines is 1. The van der Waals surface area contributed by atoms with E-state index in [1.165, 1.54) is 5.56 Å². The SMILES string of the molecule is CCN(NC(=O)CCc1nc(-c2ccc(Cl)cc2)no1)c1ccc(C)cc1. The molecule has 2 aromatic carbocycles. The monoisotopic (exact) mass is 384 g/mol. The van der Waals surface area contributed by atoms with E-state index >= 15 is 0 Å². The van der Waals surface area contributed by atoms with Crippen molar-refractivity contribution in [3.05, 3.63) is 65.0 Å². The van der Waals surface area contributed by atoms with E-state index in [1.807, 2.05) is 55.3 Å². The average Bonchev–Trinajstić information content (AvgIpc) is 3.15. The molecule has 0 saturated carbocycles. The third-order valence-corrected chi connectivity index (χ3v) is 4.31. The molecule has 1 amide bonds. The van der Waals surface area contributed by atoms with Crippen LogP contribution in [-0.4, -0.2) is 22.6 Å². The molecule has 7 heteroatoms. The van der Waals surface area contributed by atoms with Crippen molar-refractivity contribution in [1.82, 2.24) is 15.6 Å². The molecule has 0 aliphatic heterocycles. The molecule has 0 saturated heterocycles. The average molecular weight is 385 g/mol. The Balaban J connectivity index is 1.55. The van der Waals surface area contributed by atoms with Gasteiger partial charge in [-0.15, -0.1) is 0 Å². The molecule has 0 bridgehead atoms. The van der Waals surface area contributed by atoms with Crippen LogP contribution in [0.4, 0.5) is 5.69 Å². The number of benzene rings is 2. The Hall–Kier alpha value is -2.86. The fourth-order valence-corrected chi connectivity index (χ4v) is 2.68. The molecule has 0 aliphatic rings. The van der Waals surface area contributed by atoms with Gasteiger partial charge in [-0.05, 0) is 50.2 Å². The van der Waals surface area contributed by atoms with Gasteiger partial charge in [0.2, 0.25) is 17.6 Å². The van der Waals surface area contributed by atoms with Crippen molar-refractivity contribution in [2.75, 3.05) is 11.6 Å². The van der Waals surface area contributed by atoms with E-state index in [4.69, 9.17) is 16.1 Å². The van der Waals surface area contributed by atoms with Crippen molar-refractivity contribution in [3.63, 3.8) is 0 Å². The summed E-state index contributed by atoms with van der Waals surface area (Å²) in [4.78, 5) is 16.6. The number of aryl methyl sites for hydroxylation is 2.